The van der Waals surface area contributed by atoms with Crippen LogP contribution in [0.5, 0.6) is 5.75 Å². The Morgan fingerprint density at radius 2 is 1.59 bits per heavy atom. The predicted octanol–water partition coefficient (Wildman–Crippen LogP) is 5.95. The van der Waals surface area contributed by atoms with Crippen LogP contribution in [-0.2, 0) is 16.1 Å². The molecule has 29 heavy (non-hydrogen) atoms. The van der Waals surface area contributed by atoms with Crippen molar-refractivity contribution in [1.29, 1.82) is 0 Å². The molecule has 1 amide bonds. The maximum Gasteiger partial charge on any atom is 0.267 e. The quantitative estimate of drug-likeness (QED) is 0.524. The Labute approximate surface area is 176 Å². The molecule has 3 aromatic rings. The smallest absolute Gasteiger partial charge is 0.267 e. The molecule has 4 nitrogen and oxygen atoms in total. The van der Waals surface area contributed by atoms with Crippen molar-refractivity contribution in [3.05, 3.63) is 83.4 Å². The maximum atomic E-state index is 12.7. The van der Waals surface area contributed by atoms with E-state index in [1.807, 2.05) is 36.4 Å². The van der Waals surface area contributed by atoms with Crippen molar-refractivity contribution in [1.82, 2.24) is 0 Å². The van der Waals surface area contributed by atoms with Crippen LogP contribution in [0.2, 0.25) is 5.02 Å². The highest BCUT2D eigenvalue weighted by Gasteiger charge is 2.30. The first-order valence-electron chi connectivity index (χ1n) is 9.32. The fraction of sp³-hybridized carbons (Fsp3) is 0.208. The monoisotopic (exact) mass is 409 g/mol. The van der Waals surface area contributed by atoms with Crippen LogP contribution in [0, 0.1) is 0 Å². The second kappa shape index (κ2) is 9.12. The maximum absolute atomic E-state index is 12.7. The number of rotatable bonds is 7. The Balaban J connectivity index is 1.66. The molecule has 0 heterocycles. The van der Waals surface area contributed by atoms with E-state index in [9.17, 15) is 4.79 Å². The Hall–Kier alpha value is -2.82. The Morgan fingerprint density at radius 3 is 2.17 bits per heavy atom. The summed E-state index contributed by atoms with van der Waals surface area (Å²) >= 11 is 5.99. The van der Waals surface area contributed by atoms with E-state index in [-0.39, 0.29) is 5.91 Å². The lowest BCUT2D eigenvalue weighted by Gasteiger charge is -2.25. The molecule has 0 aliphatic carbocycles. The lowest BCUT2D eigenvalue weighted by molar-refractivity contribution is -0.128. The molecule has 0 bridgehead atoms. The average Bonchev–Trinajstić information content (AvgIpc) is 2.69. The number of ether oxygens (including phenoxy) is 2. The Bertz CT molecular complexity index is 966. The highest BCUT2D eigenvalue weighted by Crippen LogP contribution is 2.25. The van der Waals surface area contributed by atoms with Gasteiger partial charge in [-0.25, -0.2) is 0 Å². The molecule has 5 heteroatoms. The summed E-state index contributed by atoms with van der Waals surface area (Å²) in [4.78, 5) is 12.7. The molecule has 0 aliphatic heterocycles. The summed E-state index contributed by atoms with van der Waals surface area (Å²) in [6.07, 6.45) is 0. The number of hydrogen-bond acceptors (Lipinski definition) is 3. The van der Waals surface area contributed by atoms with E-state index in [4.69, 9.17) is 21.1 Å². The second-order valence-corrected chi connectivity index (χ2v) is 7.67. The molecule has 0 fully saturated rings. The van der Waals surface area contributed by atoms with Gasteiger partial charge in [0.2, 0.25) is 0 Å². The molecule has 150 valence electrons. The second-order valence-electron chi connectivity index (χ2n) is 7.23. The summed E-state index contributed by atoms with van der Waals surface area (Å²) in [5, 5.41) is 3.47. The lowest BCUT2D eigenvalue weighted by atomic mass is 10.0. The zero-order valence-corrected chi connectivity index (χ0v) is 17.5. The van der Waals surface area contributed by atoms with Gasteiger partial charge in [0.1, 0.15) is 5.75 Å². The zero-order valence-electron chi connectivity index (χ0n) is 16.7. The number of carbonyl (C=O) groups excluding carboxylic acids is 1. The van der Waals surface area contributed by atoms with Crippen molar-refractivity contribution >= 4 is 23.2 Å². The van der Waals surface area contributed by atoms with E-state index in [1.165, 1.54) is 0 Å². The fourth-order valence-corrected chi connectivity index (χ4v) is 3.04. The van der Waals surface area contributed by atoms with Gasteiger partial charge in [-0.2, -0.15) is 0 Å². The molecule has 0 unspecified atom stereocenters. The highest BCUT2D eigenvalue weighted by atomic mass is 35.5. The van der Waals surface area contributed by atoms with Crippen LogP contribution >= 0.6 is 11.6 Å². The molecule has 1 N–H and O–H groups in total. The van der Waals surface area contributed by atoms with Gasteiger partial charge >= 0.3 is 0 Å². The molecule has 3 rings (SSSR count). The molecular weight excluding hydrogens is 386 g/mol. The summed E-state index contributed by atoms with van der Waals surface area (Å²) in [6, 6.07) is 22.9. The highest BCUT2D eigenvalue weighted by molar-refractivity contribution is 6.30. The Kier molecular flexibility index (Phi) is 6.57. The van der Waals surface area contributed by atoms with Crippen molar-refractivity contribution in [3.8, 4) is 16.9 Å². The summed E-state index contributed by atoms with van der Waals surface area (Å²) < 4.78 is 11.0. The van der Waals surface area contributed by atoms with Gasteiger partial charge in [0.05, 0.1) is 6.61 Å². The average molecular weight is 410 g/mol. The SMILES string of the molecule is COCc1ccc(-c2ccc(NC(=O)C(C)(C)Oc3cccc(Cl)c3)cc2)cc1. The molecule has 0 spiro atoms. The van der Waals surface area contributed by atoms with Gasteiger partial charge < -0.3 is 14.8 Å². The van der Waals surface area contributed by atoms with Crippen LogP contribution in [-0.4, -0.2) is 18.6 Å². The largest absolute Gasteiger partial charge is 0.478 e. The van der Waals surface area contributed by atoms with Crippen molar-refractivity contribution in [3.63, 3.8) is 0 Å². The third-order valence-electron chi connectivity index (χ3n) is 4.46. The molecule has 0 aliphatic rings. The van der Waals surface area contributed by atoms with Crippen molar-refractivity contribution < 1.29 is 14.3 Å². The van der Waals surface area contributed by atoms with Gasteiger partial charge in [0.25, 0.3) is 5.91 Å². The van der Waals surface area contributed by atoms with Crippen LogP contribution in [0.15, 0.2) is 72.8 Å². The standard InChI is InChI=1S/C24H24ClNO3/c1-24(2,29-22-6-4-5-20(25)15-22)23(27)26-21-13-11-19(12-14-21)18-9-7-17(8-10-18)16-28-3/h4-15H,16H2,1-3H3,(H,26,27). The van der Waals surface area contributed by atoms with Crippen LogP contribution < -0.4 is 10.1 Å². The third-order valence-corrected chi connectivity index (χ3v) is 4.69. The summed E-state index contributed by atoms with van der Waals surface area (Å²) in [5.74, 6) is 0.305. The van der Waals surface area contributed by atoms with Gasteiger partial charge in [0, 0.05) is 17.8 Å². The third kappa shape index (κ3) is 5.59. The fourth-order valence-electron chi connectivity index (χ4n) is 2.86. The summed E-state index contributed by atoms with van der Waals surface area (Å²) in [5.41, 5.74) is 2.95. The number of hydrogen-bond donors (Lipinski definition) is 1. The van der Waals surface area contributed by atoms with E-state index < -0.39 is 5.60 Å². The van der Waals surface area contributed by atoms with E-state index >= 15 is 0 Å². The minimum absolute atomic E-state index is 0.242. The van der Waals surface area contributed by atoms with Crippen molar-refractivity contribution in [2.24, 2.45) is 0 Å². The lowest BCUT2D eigenvalue weighted by Crippen LogP contribution is -2.42. The molecule has 0 atom stereocenters. The minimum Gasteiger partial charge on any atom is -0.478 e. The summed E-state index contributed by atoms with van der Waals surface area (Å²) in [7, 11) is 1.68. The van der Waals surface area contributed by atoms with Gasteiger partial charge in [-0.1, -0.05) is 54.1 Å². The normalized spacial score (nSPS) is 11.2. The van der Waals surface area contributed by atoms with Crippen LogP contribution in [0.4, 0.5) is 5.69 Å². The number of methoxy groups -OCH3 is 1. The molecule has 0 saturated carbocycles. The number of halogens is 1. The molecule has 0 radical (unpaired) electrons. The number of amides is 1. The summed E-state index contributed by atoms with van der Waals surface area (Å²) in [6.45, 7) is 4.04. The van der Waals surface area contributed by atoms with Gasteiger partial charge in [-0.05, 0) is 60.9 Å². The van der Waals surface area contributed by atoms with E-state index in [0.29, 0.717) is 23.1 Å². The first kappa shape index (κ1) is 20.9. The zero-order chi connectivity index (χ0) is 20.9. The number of benzene rings is 3. The van der Waals surface area contributed by atoms with E-state index in [0.717, 1.165) is 16.7 Å². The Morgan fingerprint density at radius 1 is 0.966 bits per heavy atom. The number of carbonyl (C=O) groups is 1. The first-order chi connectivity index (χ1) is 13.9. The number of anilines is 1. The molecule has 3 aromatic carbocycles. The minimum atomic E-state index is -1.06. The van der Waals surface area contributed by atoms with Crippen LogP contribution in [0.25, 0.3) is 11.1 Å². The molecule has 0 aromatic heterocycles. The van der Waals surface area contributed by atoms with Crippen molar-refractivity contribution in [2.75, 3.05) is 12.4 Å². The van der Waals surface area contributed by atoms with Gasteiger partial charge in [0.15, 0.2) is 5.60 Å². The van der Waals surface area contributed by atoms with Crippen LogP contribution in [0.3, 0.4) is 0 Å². The van der Waals surface area contributed by atoms with Crippen molar-refractivity contribution in [2.45, 2.75) is 26.1 Å². The van der Waals surface area contributed by atoms with E-state index in [1.54, 1.807) is 45.2 Å². The number of nitrogens with one attached hydrogen (secondary N) is 1. The molecular formula is C24H24ClNO3. The van der Waals surface area contributed by atoms with E-state index in [2.05, 4.69) is 17.4 Å². The first-order valence-corrected chi connectivity index (χ1v) is 9.69. The predicted molar refractivity (Wildman–Crippen MR) is 117 cm³/mol. The molecule has 0 saturated heterocycles. The van der Waals surface area contributed by atoms with Gasteiger partial charge in [-0.15, -0.1) is 0 Å². The topological polar surface area (TPSA) is 47.6 Å². The van der Waals surface area contributed by atoms with Crippen LogP contribution in [0.1, 0.15) is 19.4 Å². The van der Waals surface area contributed by atoms with Gasteiger partial charge in [-0.3, -0.25) is 4.79 Å².